The Morgan fingerprint density at radius 2 is 2.42 bits per heavy atom. The summed E-state index contributed by atoms with van der Waals surface area (Å²) in [6.45, 7) is 1.74. The van der Waals surface area contributed by atoms with Gasteiger partial charge in [0, 0.05) is 6.07 Å². The van der Waals surface area contributed by atoms with Crippen molar-refractivity contribution in [3.8, 4) is 10.6 Å². The highest BCUT2D eigenvalue weighted by Gasteiger charge is 2.15. The molecule has 0 spiro atoms. The molecule has 0 aromatic carbocycles. The summed E-state index contributed by atoms with van der Waals surface area (Å²) in [5.41, 5.74) is 0.186. The van der Waals surface area contributed by atoms with Crippen LogP contribution in [0, 0.1) is 6.92 Å². The molecule has 7 nitrogen and oxygen atoms in total. The lowest BCUT2D eigenvalue weighted by Gasteiger charge is -1.94. The number of thiophene rings is 1. The van der Waals surface area contributed by atoms with Gasteiger partial charge in [0.05, 0.1) is 4.88 Å². The minimum absolute atomic E-state index is 0.186. The van der Waals surface area contributed by atoms with Crippen molar-refractivity contribution >= 4 is 23.2 Å². The topological polar surface area (TPSA) is 96.7 Å². The molecule has 0 bridgehead atoms. The fourth-order valence-corrected chi connectivity index (χ4v) is 2.15. The first-order chi connectivity index (χ1) is 9.22. The number of anilines is 1. The molecule has 0 radical (unpaired) electrons. The SMILES string of the molecule is Cc1nc(NC(=O)c2cc(-c3cccs3)on2)n[nH]1. The second kappa shape index (κ2) is 4.65. The number of aryl methyl sites for hydroxylation is 1. The normalized spacial score (nSPS) is 10.6. The molecular formula is C11H9N5O2S. The minimum atomic E-state index is -0.412. The number of carbonyl (C=O) groups excluding carboxylic acids is 1. The maximum absolute atomic E-state index is 11.9. The van der Waals surface area contributed by atoms with Crippen LogP contribution in [0.1, 0.15) is 16.3 Å². The standard InChI is InChI=1S/C11H9N5O2S/c1-6-12-11(15-14-6)13-10(17)7-5-8(18-16-7)9-3-2-4-19-9/h2-5H,1H3,(H2,12,13,14,15,17). The van der Waals surface area contributed by atoms with E-state index in [1.54, 1.807) is 13.0 Å². The summed E-state index contributed by atoms with van der Waals surface area (Å²) in [5, 5.41) is 14.6. The van der Waals surface area contributed by atoms with Crippen LogP contribution >= 0.6 is 11.3 Å². The number of hydrogen-bond donors (Lipinski definition) is 2. The van der Waals surface area contributed by atoms with E-state index in [1.165, 1.54) is 11.3 Å². The third-order valence-corrected chi connectivity index (χ3v) is 3.21. The maximum Gasteiger partial charge on any atom is 0.280 e. The van der Waals surface area contributed by atoms with E-state index in [0.29, 0.717) is 11.6 Å². The fraction of sp³-hybridized carbons (Fsp3) is 0.0909. The van der Waals surface area contributed by atoms with Crippen LogP contribution in [0.3, 0.4) is 0 Å². The number of carbonyl (C=O) groups is 1. The lowest BCUT2D eigenvalue weighted by Crippen LogP contribution is -2.13. The third-order valence-electron chi connectivity index (χ3n) is 2.33. The van der Waals surface area contributed by atoms with Crippen LogP contribution in [0.25, 0.3) is 10.6 Å². The Kier molecular flexibility index (Phi) is 2.84. The van der Waals surface area contributed by atoms with Crippen molar-refractivity contribution in [3.63, 3.8) is 0 Å². The number of nitrogens with zero attached hydrogens (tertiary/aromatic N) is 3. The van der Waals surface area contributed by atoms with E-state index < -0.39 is 5.91 Å². The maximum atomic E-state index is 11.9. The Balaban J connectivity index is 1.77. The Hall–Kier alpha value is -2.48. The van der Waals surface area contributed by atoms with Gasteiger partial charge in [-0.25, -0.2) is 0 Å². The number of aromatic amines is 1. The Bertz CT molecular complexity index is 700. The van der Waals surface area contributed by atoms with Crippen LogP contribution in [-0.4, -0.2) is 26.2 Å². The van der Waals surface area contributed by atoms with Gasteiger partial charge in [0.15, 0.2) is 11.5 Å². The molecule has 0 saturated carbocycles. The molecule has 3 heterocycles. The van der Waals surface area contributed by atoms with Gasteiger partial charge in [-0.15, -0.1) is 16.4 Å². The highest BCUT2D eigenvalue weighted by Crippen LogP contribution is 2.25. The summed E-state index contributed by atoms with van der Waals surface area (Å²) in [5.74, 6) is 0.981. The van der Waals surface area contributed by atoms with Gasteiger partial charge in [0.2, 0.25) is 5.95 Å². The lowest BCUT2D eigenvalue weighted by molar-refractivity contribution is 0.101. The molecule has 3 rings (SSSR count). The summed E-state index contributed by atoms with van der Waals surface area (Å²) >= 11 is 1.51. The summed E-state index contributed by atoms with van der Waals surface area (Å²) in [6, 6.07) is 5.38. The van der Waals surface area contributed by atoms with Gasteiger partial charge < -0.3 is 4.52 Å². The van der Waals surface area contributed by atoms with Crippen molar-refractivity contribution in [2.75, 3.05) is 5.32 Å². The molecule has 0 aliphatic heterocycles. The zero-order valence-electron chi connectivity index (χ0n) is 9.88. The lowest BCUT2D eigenvalue weighted by atomic mass is 10.3. The third kappa shape index (κ3) is 2.38. The average Bonchev–Trinajstić information content (AvgIpc) is 3.08. The summed E-state index contributed by atoms with van der Waals surface area (Å²) in [7, 11) is 0. The molecule has 0 aliphatic rings. The van der Waals surface area contributed by atoms with E-state index in [9.17, 15) is 4.79 Å². The van der Waals surface area contributed by atoms with Crippen molar-refractivity contribution < 1.29 is 9.32 Å². The molecule has 0 unspecified atom stereocenters. The molecule has 0 atom stereocenters. The molecule has 8 heteroatoms. The van der Waals surface area contributed by atoms with Gasteiger partial charge in [-0.1, -0.05) is 11.2 Å². The zero-order valence-corrected chi connectivity index (χ0v) is 10.7. The van der Waals surface area contributed by atoms with E-state index in [1.807, 2.05) is 17.5 Å². The number of amides is 1. The number of nitrogens with one attached hydrogen (secondary N) is 2. The van der Waals surface area contributed by atoms with Crippen LogP contribution in [0.2, 0.25) is 0 Å². The van der Waals surface area contributed by atoms with Crippen LogP contribution in [-0.2, 0) is 0 Å². The van der Waals surface area contributed by atoms with E-state index in [0.717, 1.165) is 4.88 Å². The van der Waals surface area contributed by atoms with E-state index in [-0.39, 0.29) is 11.6 Å². The molecule has 3 aromatic heterocycles. The predicted molar refractivity (Wildman–Crippen MR) is 68.9 cm³/mol. The monoisotopic (exact) mass is 275 g/mol. The molecular weight excluding hydrogens is 266 g/mol. The van der Waals surface area contributed by atoms with Crippen LogP contribution in [0.15, 0.2) is 28.1 Å². The van der Waals surface area contributed by atoms with E-state index in [4.69, 9.17) is 4.52 Å². The molecule has 0 aliphatic carbocycles. The molecule has 3 aromatic rings. The molecule has 1 amide bonds. The number of H-pyrrole nitrogens is 1. The Morgan fingerprint density at radius 3 is 3.11 bits per heavy atom. The largest absolute Gasteiger partial charge is 0.355 e. The summed E-state index contributed by atoms with van der Waals surface area (Å²) in [4.78, 5) is 16.8. The molecule has 19 heavy (non-hydrogen) atoms. The van der Waals surface area contributed by atoms with Crippen molar-refractivity contribution in [2.45, 2.75) is 6.92 Å². The van der Waals surface area contributed by atoms with Crippen LogP contribution in [0.5, 0.6) is 0 Å². The molecule has 0 fully saturated rings. The van der Waals surface area contributed by atoms with Gasteiger partial charge >= 0.3 is 0 Å². The van der Waals surface area contributed by atoms with Gasteiger partial charge in [0.1, 0.15) is 5.82 Å². The molecule has 96 valence electrons. The van der Waals surface area contributed by atoms with Crippen molar-refractivity contribution in [1.82, 2.24) is 20.3 Å². The first kappa shape index (κ1) is 11.6. The quantitative estimate of drug-likeness (QED) is 0.762. The van der Waals surface area contributed by atoms with Gasteiger partial charge in [-0.2, -0.15) is 4.98 Å². The first-order valence-electron chi connectivity index (χ1n) is 5.43. The van der Waals surface area contributed by atoms with Crippen LogP contribution < -0.4 is 5.32 Å². The van der Waals surface area contributed by atoms with Crippen molar-refractivity contribution in [3.05, 3.63) is 35.1 Å². The number of rotatable bonds is 3. The second-order valence-corrected chi connectivity index (χ2v) is 4.70. The molecule has 2 N–H and O–H groups in total. The highest BCUT2D eigenvalue weighted by molar-refractivity contribution is 7.13. The Labute approximate surface area is 111 Å². The first-order valence-corrected chi connectivity index (χ1v) is 6.31. The van der Waals surface area contributed by atoms with Gasteiger partial charge in [-0.3, -0.25) is 15.2 Å². The van der Waals surface area contributed by atoms with Crippen molar-refractivity contribution in [1.29, 1.82) is 0 Å². The zero-order chi connectivity index (χ0) is 13.2. The minimum Gasteiger partial charge on any atom is -0.355 e. The Morgan fingerprint density at radius 1 is 1.53 bits per heavy atom. The van der Waals surface area contributed by atoms with Crippen molar-refractivity contribution in [2.24, 2.45) is 0 Å². The predicted octanol–water partition coefficient (Wildman–Crippen LogP) is 2.08. The van der Waals surface area contributed by atoms with Gasteiger partial charge in [-0.05, 0) is 18.4 Å². The number of hydrogen-bond acceptors (Lipinski definition) is 6. The average molecular weight is 275 g/mol. The van der Waals surface area contributed by atoms with Gasteiger partial charge in [0.25, 0.3) is 5.91 Å². The summed E-state index contributed by atoms with van der Waals surface area (Å²) < 4.78 is 5.12. The fourth-order valence-electron chi connectivity index (χ4n) is 1.48. The van der Waals surface area contributed by atoms with E-state index in [2.05, 4.69) is 25.7 Å². The molecule has 0 saturated heterocycles. The summed E-state index contributed by atoms with van der Waals surface area (Å²) in [6.07, 6.45) is 0. The highest BCUT2D eigenvalue weighted by atomic mass is 32.1. The second-order valence-electron chi connectivity index (χ2n) is 3.75. The van der Waals surface area contributed by atoms with Crippen LogP contribution in [0.4, 0.5) is 5.95 Å². The van der Waals surface area contributed by atoms with E-state index >= 15 is 0 Å². The smallest absolute Gasteiger partial charge is 0.280 e. The number of aromatic nitrogens is 4.